The zero-order valence-electron chi connectivity index (χ0n) is 8.46. The van der Waals surface area contributed by atoms with Crippen LogP contribution in [0.5, 0.6) is 0 Å². The van der Waals surface area contributed by atoms with Crippen molar-refractivity contribution in [1.29, 1.82) is 0 Å². The van der Waals surface area contributed by atoms with Crippen molar-refractivity contribution in [1.82, 2.24) is 0 Å². The van der Waals surface area contributed by atoms with E-state index >= 15 is 0 Å². The van der Waals surface area contributed by atoms with Gasteiger partial charge in [-0.3, -0.25) is 0 Å². The highest BCUT2D eigenvalue weighted by atomic mass is 79.9. The maximum absolute atomic E-state index is 13.3. The fourth-order valence-electron chi connectivity index (χ4n) is 2.11. The van der Waals surface area contributed by atoms with Crippen molar-refractivity contribution >= 4 is 45.4 Å². The molecule has 0 heterocycles. The van der Waals surface area contributed by atoms with Gasteiger partial charge in [0.1, 0.15) is 16.4 Å². The Bertz CT molecular complexity index is 460. The monoisotopic (exact) mass is 340 g/mol. The molecule has 1 N–H and O–H groups in total. The summed E-state index contributed by atoms with van der Waals surface area (Å²) >= 11 is 15.2. The molecule has 1 aromatic carbocycles. The zero-order chi connectivity index (χ0) is 12.8. The van der Waals surface area contributed by atoms with Crippen LogP contribution in [-0.4, -0.2) is 22.3 Å². The smallest absolute Gasteiger partial charge is 0.141 e. The van der Waals surface area contributed by atoms with E-state index in [2.05, 4.69) is 15.9 Å². The predicted molar refractivity (Wildman–Crippen MR) is 66.9 cm³/mol. The summed E-state index contributed by atoms with van der Waals surface area (Å²) in [4.78, 5) is 11.1. The molecule has 1 aliphatic rings. The van der Waals surface area contributed by atoms with E-state index in [0.29, 0.717) is 16.3 Å². The second-order valence-electron chi connectivity index (χ2n) is 4.08. The Balaban J connectivity index is 2.46. The van der Waals surface area contributed by atoms with Crippen molar-refractivity contribution in [2.24, 2.45) is 5.41 Å². The van der Waals surface area contributed by atoms with Crippen LogP contribution in [0.2, 0.25) is 0 Å². The third kappa shape index (κ3) is 1.82. The van der Waals surface area contributed by atoms with Crippen LogP contribution in [0.3, 0.4) is 0 Å². The summed E-state index contributed by atoms with van der Waals surface area (Å²) in [7, 11) is 0. The molecule has 1 aromatic rings. The van der Waals surface area contributed by atoms with Crippen LogP contribution in [0, 0.1) is 11.2 Å². The number of rotatable bonds is 3. The number of aliphatic hydroxyl groups excluding tert-OH is 1. The SMILES string of the molecule is O=CC1(CO)C(c2cc(F)cc(Br)c2)C1(Cl)Cl. The van der Waals surface area contributed by atoms with Gasteiger partial charge in [-0.2, -0.15) is 0 Å². The molecule has 2 atom stereocenters. The minimum Gasteiger partial charge on any atom is -0.395 e. The third-order valence-corrected chi connectivity index (χ3v) is 4.70. The summed E-state index contributed by atoms with van der Waals surface area (Å²) in [6.07, 6.45) is 0.538. The van der Waals surface area contributed by atoms with E-state index in [-0.39, 0.29) is 0 Å². The molecule has 17 heavy (non-hydrogen) atoms. The molecule has 0 amide bonds. The van der Waals surface area contributed by atoms with Crippen molar-refractivity contribution < 1.29 is 14.3 Å². The summed E-state index contributed by atoms with van der Waals surface area (Å²) in [6, 6.07) is 4.18. The predicted octanol–water partition coefficient (Wildman–Crippen LogP) is 3.04. The summed E-state index contributed by atoms with van der Waals surface area (Å²) in [5, 5.41) is 9.26. The van der Waals surface area contributed by atoms with E-state index in [1.54, 1.807) is 6.07 Å². The summed E-state index contributed by atoms with van der Waals surface area (Å²) in [6.45, 7) is -0.470. The lowest BCUT2D eigenvalue weighted by atomic mass is 10.0. The van der Waals surface area contributed by atoms with Crippen molar-refractivity contribution in [2.45, 2.75) is 10.3 Å². The molecule has 2 rings (SSSR count). The van der Waals surface area contributed by atoms with Crippen LogP contribution in [0.25, 0.3) is 0 Å². The maximum Gasteiger partial charge on any atom is 0.141 e. The number of benzene rings is 1. The van der Waals surface area contributed by atoms with E-state index in [4.69, 9.17) is 23.2 Å². The summed E-state index contributed by atoms with van der Waals surface area (Å²) in [5.74, 6) is -1.06. The van der Waals surface area contributed by atoms with Crippen LogP contribution >= 0.6 is 39.1 Å². The summed E-state index contributed by atoms with van der Waals surface area (Å²) in [5.41, 5.74) is -0.758. The number of hydrogen-bond donors (Lipinski definition) is 1. The molecule has 0 spiro atoms. The van der Waals surface area contributed by atoms with Crippen LogP contribution in [0.1, 0.15) is 11.5 Å². The van der Waals surface area contributed by atoms with Gasteiger partial charge < -0.3 is 9.90 Å². The molecule has 1 aliphatic carbocycles. The number of alkyl halides is 2. The largest absolute Gasteiger partial charge is 0.395 e. The number of carbonyl (C=O) groups excluding carboxylic acids is 1. The van der Waals surface area contributed by atoms with Crippen LogP contribution in [0.4, 0.5) is 4.39 Å². The van der Waals surface area contributed by atoms with Gasteiger partial charge in [0.2, 0.25) is 0 Å². The lowest BCUT2D eigenvalue weighted by molar-refractivity contribution is -0.113. The zero-order valence-corrected chi connectivity index (χ0v) is 11.6. The molecule has 0 radical (unpaired) electrons. The topological polar surface area (TPSA) is 37.3 Å². The highest BCUT2D eigenvalue weighted by Crippen LogP contribution is 2.72. The second kappa shape index (κ2) is 4.19. The van der Waals surface area contributed by atoms with E-state index in [9.17, 15) is 14.3 Å². The molecule has 2 nitrogen and oxygen atoms in total. The molecule has 92 valence electrons. The molecule has 0 aliphatic heterocycles. The number of aliphatic hydroxyl groups is 1. The highest BCUT2D eigenvalue weighted by Gasteiger charge is 2.76. The molecular weight excluding hydrogens is 334 g/mol. The van der Waals surface area contributed by atoms with Gasteiger partial charge in [-0.25, -0.2) is 4.39 Å². The van der Waals surface area contributed by atoms with Gasteiger partial charge in [0.25, 0.3) is 0 Å². The van der Waals surface area contributed by atoms with Gasteiger partial charge in [0.15, 0.2) is 0 Å². The molecule has 0 saturated heterocycles. The Labute approximate surface area is 116 Å². The molecule has 2 unspecified atom stereocenters. The normalized spacial score (nSPS) is 30.1. The van der Waals surface area contributed by atoms with Crippen molar-refractivity contribution in [3.05, 3.63) is 34.1 Å². The fourth-order valence-corrected chi connectivity index (χ4v) is 3.55. The minimum absolute atomic E-state index is 0.455. The standard InChI is InChI=1S/C11H8BrCl2FO2/c12-7-1-6(2-8(15)3-7)9-10(4-16,5-17)11(9,13)14/h1-4,9,17H,5H2. The van der Waals surface area contributed by atoms with Gasteiger partial charge in [0.05, 0.1) is 12.0 Å². The number of halogens is 4. The van der Waals surface area contributed by atoms with Crippen LogP contribution in [0.15, 0.2) is 22.7 Å². The van der Waals surface area contributed by atoms with Gasteiger partial charge in [0, 0.05) is 10.4 Å². The maximum atomic E-state index is 13.3. The van der Waals surface area contributed by atoms with E-state index in [0.717, 1.165) is 0 Å². The first-order valence-electron chi connectivity index (χ1n) is 4.80. The first kappa shape index (κ1) is 13.3. The van der Waals surface area contributed by atoms with E-state index in [1.807, 2.05) is 0 Å². The molecule has 1 fully saturated rings. The van der Waals surface area contributed by atoms with Crippen molar-refractivity contribution in [3.8, 4) is 0 Å². The van der Waals surface area contributed by atoms with Crippen LogP contribution in [-0.2, 0) is 4.79 Å². The Morgan fingerprint density at radius 3 is 2.53 bits per heavy atom. The van der Waals surface area contributed by atoms with Crippen molar-refractivity contribution in [2.75, 3.05) is 6.61 Å². The summed E-state index contributed by atoms with van der Waals surface area (Å²) < 4.78 is 12.4. The van der Waals surface area contributed by atoms with Gasteiger partial charge in [-0.15, -0.1) is 0 Å². The van der Waals surface area contributed by atoms with E-state index in [1.165, 1.54) is 12.1 Å². The molecule has 6 heteroatoms. The molecular formula is C11H8BrCl2FO2. The fraction of sp³-hybridized carbons (Fsp3) is 0.364. The molecule has 1 saturated carbocycles. The molecule has 0 aromatic heterocycles. The highest BCUT2D eigenvalue weighted by molar-refractivity contribution is 9.10. The van der Waals surface area contributed by atoms with Gasteiger partial charge in [-0.05, 0) is 23.8 Å². The van der Waals surface area contributed by atoms with Gasteiger partial charge in [-0.1, -0.05) is 39.1 Å². The number of hydrogen-bond acceptors (Lipinski definition) is 2. The number of aldehydes is 1. The molecule has 0 bridgehead atoms. The Morgan fingerprint density at radius 2 is 2.12 bits per heavy atom. The quantitative estimate of drug-likeness (QED) is 0.677. The lowest BCUT2D eigenvalue weighted by Gasteiger charge is -2.05. The first-order chi connectivity index (χ1) is 7.89. The van der Waals surface area contributed by atoms with Gasteiger partial charge >= 0.3 is 0 Å². The lowest BCUT2D eigenvalue weighted by Crippen LogP contribution is -2.16. The average Bonchev–Trinajstić information content (AvgIpc) is 2.73. The Morgan fingerprint density at radius 1 is 1.47 bits per heavy atom. The number of carbonyl (C=O) groups is 1. The van der Waals surface area contributed by atoms with E-state index < -0.39 is 28.1 Å². The minimum atomic E-state index is -1.39. The third-order valence-electron chi connectivity index (χ3n) is 3.11. The average molecular weight is 342 g/mol. The Hall–Kier alpha value is -0.160. The second-order valence-corrected chi connectivity index (χ2v) is 6.38. The van der Waals surface area contributed by atoms with Crippen LogP contribution < -0.4 is 0 Å². The van der Waals surface area contributed by atoms with Crippen molar-refractivity contribution in [3.63, 3.8) is 0 Å². The first-order valence-corrected chi connectivity index (χ1v) is 6.35. The Kier molecular flexibility index (Phi) is 3.28.